The van der Waals surface area contributed by atoms with E-state index in [1.54, 1.807) is 6.07 Å². The van der Waals surface area contributed by atoms with Crippen LogP contribution in [0.3, 0.4) is 0 Å². The SMILES string of the molecule is COC(=O)c1nc(C)cc(NCCOC2CCCCC2)n1. The van der Waals surface area contributed by atoms with Crippen LogP contribution in [-0.2, 0) is 9.47 Å². The summed E-state index contributed by atoms with van der Waals surface area (Å²) >= 11 is 0. The van der Waals surface area contributed by atoms with Crippen LogP contribution < -0.4 is 5.32 Å². The van der Waals surface area contributed by atoms with Gasteiger partial charge in [-0.3, -0.25) is 0 Å². The monoisotopic (exact) mass is 293 g/mol. The van der Waals surface area contributed by atoms with Crippen LogP contribution in [0.4, 0.5) is 5.82 Å². The molecule has 6 nitrogen and oxygen atoms in total. The molecule has 0 atom stereocenters. The molecule has 2 rings (SSSR count). The largest absolute Gasteiger partial charge is 0.463 e. The lowest BCUT2D eigenvalue weighted by Crippen LogP contribution is -2.21. The molecule has 0 radical (unpaired) electrons. The van der Waals surface area contributed by atoms with Crippen LogP contribution >= 0.6 is 0 Å². The van der Waals surface area contributed by atoms with E-state index in [1.807, 2.05) is 6.92 Å². The van der Waals surface area contributed by atoms with E-state index in [0.717, 1.165) is 5.69 Å². The number of hydrogen-bond acceptors (Lipinski definition) is 6. The zero-order valence-corrected chi connectivity index (χ0v) is 12.7. The fourth-order valence-electron chi connectivity index (χ4n) is 2.48. The molecular weight excluding hydrogens is 270 g/mol. The average Bonchev–Trinajstić information content (AvgIpc) is 2.51. The van der Waals surface area contributed by atoms with Gasteiger partial charge in [0.2, 0.25) is 5.82 Å². The average molecular weight is 293 g/mol. The van der Waals surface area contributed by atoms with E-state index in [9.17, 15) is 4.79 Å². The Kier molecular flexibility index (Phi) is 5.92. The van der Waals surface area contributed by atoms with Crippen molar-refractivity contribution in [1.29, 1.82) is 0 Å². The fourth-order valence-corrected chi connectivity index (χ4v) is 2.48. The number of carbonyl (C=O) groups is 1. The van der Waals surface area contributed by atoms with Gasteiger partial charge in [0.1, 0.15) is 5.82 Å². The summed E-state index contributed by atoms with van der Waals surface area (Å²) in [5.41, 5.74) is 0.723. The minimum Gasteiger partial charge on any atom is -0.463 e. The Labute approximate surface area is 125 Å². The van der Waals surface area contributed by atoms with Gasteiger partial charge in [-0.25, -0.2) is 14.8 Å². The maximum atomic E-state index is 11.5. The second-order valence-corrected chi connectivity index (χ2v) is 5.27. The van der Waals surface area contributed by atoms with E-state index in [4.69, 9.17) is 4.74 Å². The van der Waals surface area contributed by atoms with Gasteiger partial charge in [-0.2, -0.15) is 0 Å². The summed E-state index contributed by atoms with van der Waals surface area (Å²) in [5.74, 6) is 0.170. The van der Waals surface area contributed by atoms with Crippen LogP contribution in [0.25, 0.3) is 0 Å². The molecule has 1 aliphatic carbocycles. The molecule has 1 fully saturated rings. The van der Waals surface area contributed by atoms with Gasteiger partial charge in [-0.15, -0.1) is 0 Å². The van der Waals surface area contributed by atoms with E-state index >= 15 is 0 Å². The number of hydrogen-bond donors (Lipinski definition) is 1. The molecule has 116 valence electrons. The highest BCUT2D eigenvalue weighted by Gasteiger charge is 2.14. The highest BCUT2D eigenvalue weighted by Crippen LogP contribution is 2.20. The highest BCUT2D eigenvalue weighted by molar-refractivity contribution is 5.85. The third-order valence-electron chi connectivity index (χ3n) is 3.54. The Bertz CT molecular complexity index is 473. The van der Waals surface area contributed by atoms with Crippen molar-refractivity contribution in [2.75, 3.05) is 25.6 Å². The van der Waals surface area contributed by atoms with Crippen molar-refractivity contribution >= 4 is 11.8 Å². The number of anilines is 1. The maximum Gasteiger partial charge on any atom is 0.376 e. The number of nitrogens with one attached hydrogen (secondary N) is 1. The van der Waals surface area contributed by atoms with E-state index in [2.05, 4.69) is 20.0 Å². The summed E-state index contributed by atoms with van der Waals surface area (Å²) in [6.45, 7) is 3.12. The van der Waals surface area contributed by atoms with E-state index in [1.165, 1.54) is 39.2 Å². The lowest BCUT2D eigenvalue weighted by atomic mass is 9.98. The fraction of sp³-hybridized carbons (Fsp3) is 0.667. The van der Waals surface area contributed by atoms with E-state index in [-0.39, 0.29) is 5.82 Å². The first kappa shape index (κ1) is 15.7. The number of ether oxygens (including phenoxy) is 2. The molecule has 0 aliphatic heterocycles. The Hall–Kier alpha value is -1.69. The zero-order valence-electron chi connectivity index (χ0n) is 12.7. The van der Waals surface area contributed by atoms with Crippen molar-refractivity contribution in [3.05, 3.63) is 17.6 Å². The van der Waals surface area contributed by atoms with E-state index in [0.29, 0.717) is 25.1 Å². The Balaban J connectivity index is 1.79. The molecule has 0 saturated heterocycles. The molecule has 0 aromatic carbocycles. The number of nitrogens with zero attached hydrogens (tertiary/aromatic N) is 2. The quantitative estimate of drug-likeness (QED) is 0.641. The van der Waals surface area contributed by atoms with Gasteiger partial charge in [-0.05, 0) is 19.8 Å². The second-order valence-electron chi connectivity index (χ2n) is 5.27. The number of carbonyl (C=O) groups excluding carboxylic acids is 1. The van der Waals surface area contributed by atoms with Gasteiger partial charge in [0, 0.05) is 18.3 Å². The van der Waals surface area contributed by atoms with Crippen LogP contribution in [0, 0.1) is 6.92 Å². The van der Waals surface area contributed by atoms with Crippen molar-refractivity contribution in [2.24, 2.45) is 0 Å². The third kappa shape index (κ3) is 4.97. The number of rotatable bonds is 6. The van der Waals surface area contributed by atoms with Gasteiger partial charge >= 0.3 is 5.97 Å². The number of methoxy groups -OCH3 is 1. The molecule has 1 aromatic rings. The molecule has 1 aromatic heterocycles. The lowest BCUT2D eigenvalue weighted by molar-refractivity contribution is 0.0347. The van der Waals surface area contributed by atoms with E-state index < -0.39 is 5.97 Å². The van der Waals surface area contributed by atoms with Gasteiger partial charge in [0.15, 0.2) is 0 Å². The van der Waals surface area contributed by atoms with Gasteiger partial charge in [0.05, 0.1) is 19.8 Å². The third-order valence-corrected chi connectivity index (χ3v) is 3.54. The van der Waals surface area contributed by atoms with Crippen LogP contribution in [0.15, 0.2) is 6.07 Å². The first-order valence-electron chi connectivity index (χ1n) is 7.48. The summed E-state index contributed by atoms with van der Waals surface area (Å²) in [4.78, 5) is 19.6. The van der Waals surface area contributed by atoms with Crippen molar-refractivity contribution in [3.8, 4) is 0 Å². The first-order valence-corrected chi connectivity index (χ1v) is 7.48. The summed E-state index contributed by atoms with van der Waals surface area (Å²) in [7, 11) is 1.32. The normalized spacial score (nSPS) is 15.7. The summed E-state index contributed by atoms with van der Waals surface area (Å²) < 4.78 is 10.5. The molecule has 1 N–H and O–H groups in total. The predicted molar refractivity (Wildman–Crippen MR) is 79.4 cm³/mol. The Morgan fingerprint density at radius 2 is 2.10 bits per heavy atom. The van der Waals surface area contributed by atoms with Crippen molar-refractivity contribution in [1.82, 2.24) is 9.97 Å². The molecule has 21 heavy (non-hydrogen) atoms. The molecular formula is C15H23N3O3. The number of aromatic nitrogens is 2. The van der Waals surface area contributed by atoms with Crippen molar-refractivity contribution < 1.29 is 14.3 Å². The van der Waals surface area contributed by atoms with Gasteiger partial charge in [0.25, 0.3) is 0 Å². The molecule has 0 bridgehead atoms. The molecule has 1 aliphatic rings. The minimum absolute atomic E-state index is 0.0770. The zero-order chi connectivity index (χ0) is 15.1. The lowest BCUT2D eigenvalue weighted by Gasteiger charge is -2.22. The summed E-state index contributed by atoms with van der Waals surface area (Å²) in [6.07, 6.45) is 6.60. The second kappa shape index (κ2) is 7.93. The molecule has 0 amide bonds. The summed E-state index contributed by atoms with van der Waals surface area (Å²) in [5, 5.41) is 3.16. The van der Waals surface area contributed by atoms with Gasteiger partial charge in [-0.1, -0.05) is 19.3 Å². The number of aryl methyl sites for hydroxylation is 1. The highest BCUT2D eigenvalue weighted by atomic mass is 16.5. The molecule has 1 saturated carbocycles. The van der Waals surface area contributed by atoms with Crippen molar-refractivity contribution in [3.63, 3.8) is 0 Å². The van der Waals surface area contributed by atoms with Crippen LogP contribution in [0.5, 0.6) is 0 Å². The van der Waals surface area contributed by atoms with Crippen LogP contribution in [0.1, 0.15) is 48.4 Å². The van der Waals surface area contributed by atoms with Crippen LogP contribution in [0.2, 0.25) is 0 Å². The minimum atomic E-state index is -0.528. The van der Waals surface area contributed by atoms with Crippen LogP contribution in [-0.4, -0.2) is 42.3 Å². The standard InChI is InChI=1S/C15H23N3O3/c1-11-10-13(18-14(17-11)15(19)20-2)16-8-9-21-12-6-4-3-5-7-12/h10,12H,3-9H2,1-2H3,(H,16,17,18). The Morgan fingerprint density at radius 3 is 2.81 bits per heavy atom. The molecule has 6 heteroatoms. The summed E-state index contributed by atoms with van der Waals surface area (Å²) in [6, 6.07) is 1.80. The van der Waals surface area contributed by atoms with Gasteiger partial charge < -0.3 is 14.8 Å². The topological polar surface area (TPSA) is 73.3 Å². The molecule has 1 heterocycles. The molecule has 0 spiro atoms. The predicted octanol–water partition coefficient (Wildman–Crippen LogP) is 2.33. The maximum absolute atomic E-state index is 11.5. The first-order chi connectivity index (χ1) is 10.2. The number of esters is 1. The molecule has 0 unspecified atom stereocenters. The Morgan fingerprint density at radius 1 is 1.33 bits per heavy atom. The smallest absolute Gasteiger partial charge is 0.376 e. The van der Waals surface area contributed by atoms with Crippen molar-refractivity contribution in [2.45, 2.75) is 45.1 Å².